The minimum absolute atomic E-state index is 0.100. The molecule has 14 nitrogen and oxygen atoms in total. The molecule has 0 spiro atoms. The van der Waals surface area contributed by atoms with Gasteiger partial charge in [-0.05, 0) is 79.6 Å². The van der Waals surface area contributed by atoms with Crippen molar-refractivity contribution in [2.45, 2.75) is 32.7 Å². The summed E-state index contributed by atoms with van der Waals surface area (Å²) in [7, 11) is -2.33. The summed E-state index contributed by atoms with van der Waals surface area (Å²) in [6.07, 6.45) is 5.32. The number of benzene rings is 3. The van der Waals surface area contributed by atoms with E-state index in [0.29, 0.717) is 16.9 Å². The molecule has 0 radical (unpaired) electrons. The summed E-state index contributed by atoms with van der Waals surface area (Å²) in [6, 6.07) is 17.5. The van der Waals surface area contributed by atoms with E-state index in [1.54, 1.807) is 62.4 Å². The van der Waals surface area contributed by atoms with E-state index in [0.717, 1.165) is 5.57 Å². The molecule has 6 rings (SSSR count). The first kappa shape index (κ1) is 34.4. The number of hydrogen-bond acceptors (Lipinski definition) is 12. The lowest BCUT2D eigenvalue weighted by Gasteiger charge is -2.27. The molecule has 1 amide bonds. The van der Waals surface area contributed by atoms with Gasteiger partial charge in [-0.2, -0.15) is 18.4 Å². The third-order valence-electron chi connectivity index (χ3n) is 7.64. The molecule has 0 saturated carbocycles. The number of allylic oxidation sites excluding steroid dienone is 3. The zero-order valence-electron chi connectivity index (χ0n) is 27.4. The van der Waals surface area contributed by atoms with Crippen LogP contribution < -0.4 is 30.6 Å². The average Bonchev–Trinajstić information content (AvgIpc) is 3.10. The number of hydrogen-bond donors (Lipinski definition) is 4. The molecule has 1 atom stereocenters. The summed E-state index contributed by atoms with van der Waals surface area (Å²) < 4.78 is 46.3. The first-order chi connectivity index (χ1) is 24.6. The van der Waals surface area contributed by atoms with Crippen LogP contribution in [-0.4, -0.2) is 53.6 Å². The molecule has 1 aromatic heterocycles. The van der Waals surface area contributed by atoms with Crippen LogP contribution in [-0.2, 0) is 19.8 Å². The van der Waals surface area contributed by atoms with Crippen LogP contribution in [0, 0.1) is 12.3 Å². The maximum Gasteiger partial charge on any atom is 0.338 e. The van der Waals surface area contributed by atoms with Crippen molar-refractivity contribution in [3.05, 3.63) is 107 Å². The number of esters is 1. The van der Waals surface area contributed by atoms with Crippen molar-refractivity contribution in [3.8, 4) is 34.9 Å². The second kappa shape index (κ2) is 15.0. The number of carbonyl (C=O) groups is 2. The molecule has 1 aliphatic heterocycles. The van der Waals surface area contributed by atoms with Crippen molar-refractivity contribution < 1.29 is 37.0 Å². The van der Waals surface area contributed by atoms with Crippen molar-refractivity contribution in [2.24, 2.45) is 5.73 Å². The normalized spacial score (nSPS) is 14.7. The van der Waals surface area contributed by atoms with Gasteiger partial charge in [-0.15, -0.1) is 0 Å². The molecule has 260 valence electrons. The lowest BCUT2D eigenvalue weighted by atomic mass is 9.98. The first-order valence-corrected chi connectivity index (χ1v) is 16.8. The van der Waals surface area contributed by atoms with E-state index in [1.165, 1.54) is 18.2 Å². The number of nitrogen functional groups attached to an aromatic ring is 1. The van der Waals surface area contributed by atoms with Gasteiger partial charge in [0.05, 0.1) is 17.0 Å². The van der Waals surface area contributed by atoms with Crippen LogP contribution in [0.3, 0.4) is 0 Å². The molecule has 0 saturated heterocycles. The standard InChI is InChI=1S/C36H32N6O8S/c1-3-47-35(44)23-15-20(2)16-25(18-23)49-34-30-32(39-27(33(43)40-30)17-21-9-12-26(13-10-21)51(45)46)41-36(42-34)50-29-19-22(31(37)38)11-14-28(29)48-24-7-5-4-6-8-24/h4-12,14-16,18-19,27H,3,13,17H2,1-2H3,(H3,37,38)(H,40,43)(H,39,41,42). The molecule has 3 aromatic carbocycles. The van der Waals surface area contributed by atoms with Crippen molar-refractivity contribution in [1.29, 1.82) is 5.41 Å². The largest absolute Gasteiger partial charge is 0.462 e. The highest BCUT2D eigenvalue weighted by Crippen LogP contribution is 2.41. The number of fused-ring (bicyclic) bond motifs is 1. The number of nitrogens with two attached hydrogens (primary N) is 1. The maximum absolute atomic E-state index is 13.4. The Bertz CT molecular complexity index is 2250. The summed E-state index contributed by atoms with van der Waals surface area (Å²) in [6.45, 7) is 3.68. The van der Waals surface area contributed by atoms with Gasteiger partial charge in [-0.1, -0.05) is 30.4 Å². The monoisotopic (exact) mass is 708 g/mol. The molecule has 2 aliphatic rings. The van der Waals surface area contributed by atoms with Crippen LogP contribution in [0.15, 0.2) is 90.5 Å². The number of nitrogens with one attached hydrogen (secondary N) is 3. The topological polar surface area (TPSA) is 205 Å². The Morgan fingerprint density at radius 2 is 1.76 bits per heavy atom. The van der Waals surface area contributed by atoms with Gasteiger partial charge in [0.15, 0.2) is 17.3 Å². The van der Waals surface area contributed by atoms with Gasteiger partial charge in [0.1, 0.15) is 29.1 Å². The Kier molecular flexibility index (Phi) is 10.1. The summed E-state index contributed by atoms with van der Waals surface area (Å²) in [5.74, 6) is 0.0749. The van der Waals surface area contributed by atoms with Gasteiger partial charge in [0, 0.05) is 18.4 Å². The SMILES string of the molecule is CCOC(=O)c1cc(C)cc(Oc2nc(Oc3cc(C(=N)N)ccc3Oc3ccccc3)nc3c2NC(=O)C(CC2=CCC(=S(=O)=O)C=C2)N3)c1. The molecule has 1 unspecified atom stereocenters. The number of carbonyl (C=O) groups excluding carboxylic acids is 2. The Labute approximate surface area is 294 Å². The molecular formula is C36H32N6O8S. The maximum atomic E-state index is 13.4. The Hall–Kier alpha value is -6.48. The van der Waals surface area contributed by atoms with Gasteiger partial charge < -0.3 is 35.3 Å². The van der Waals surface area contributed by atoms with E-state index in [-0.39, 0.29) is 76.4 Å². The third-order valence-corrected chi connectivity index (χ3v) is 8.37. The third kappa shape index (κ3) is 8.22. The second-order valence-electron chi connectivity index (χ2n) is 11.4. The molecule has 0 fully saturated rings. The van der Waals surface area contributed by atoms with Gasteiger partial charge in [-0.3, -0.25) is 10.2 Å². The predicted octanol–water partition coefficient (Wildman–Crippen LogP) is 5.68. The number of amidine groups is 1. The van der Waals surface area contributed by atoms with E-state index in [4.69, 9.17) is 30.1 Å². The smallest absolute Gasteiger partial charge is 0.338 e. The fourth-order valence-electron chi connectivity index (χ4n) is 5.22. The minimum atomic E-state index is -2.33. The molecule has 15 heteroatoms. The number of aromatic nitrogens is 2. The fourth-order valence-corrected chi connectivity index (χ4v) is 5.62. The van der Waals surface area contributed by atoms with Gasteiger partial charge >= 0.3 is 12.0 Å². The average molecular weight is 709 g/mol. The Morgan fingerprint density at radius 1 is 0.961 bits per heavy atom. The van der Waals surface area contributed by atoms with E-state index in [2.05, 4.69) is 20.6 Å². The van der Waals surface area contributed by atoms with Crippen LogP contribution in [0.2, 0.25) is 0 Å². The predicted molar refractivity (Wildman–Crippen MR) is 190 cm³/mol. The van der Waals surface area contributed by atoms with Crippen LogP contribution >= 0.6 is 0 Å². The van der Waals surface area contributed by atoms with E-state index >= 15 is 0 Å². The summed E-state index contributed by atoms with van der Waals surface area (Å²) in [5.41, 5.74) is 7.96. The van der Waals surface area contributed by atoms with Crippen molar-refractivity contribution in [3.63, 3.8) is 0 Å². The molecule has 2 heterocycles. The number of rotatable bonds is 11. The molecule has 5 N–H and O–H groups in total. The number of ether oxygens (including phenoxy) is 4. The van der Waals surface area contributed by atoms with Crippen molar-refractivity contribution in [2.75, 3.05) is 17.2 Å². The number of nitrogens with zero attached hydrogens (tertiary/aromatic N) is 2. The zero-order valence-corrected chi connectivity index (χ0v) is 28.2. The summed E-state index contributed by atoms with van der Waals surface area (Å²) in [5, 5.41) is 13.9. The van der Waals surface area contributed by atoms with E-state index in [9.17, 15) is 18.0 Å². The van der Waals surface area contributed by atoms with Crippen molar-refractivity contribution in [1.82, 2.24) is 9.97 Å². The summed E-state index contributed by atoms with van der Waals surface area (Å²) in [4.78, 5) is 35.2. The van der Waals surface area contributed by atoms with E-state index in [1.807, 2.05) is 18.2 Å². The van der Waals surface area contributed by atoms with Crippen LogP contribution in [0.25, 0.3) is 0 Å². The van der Waals surface area contributed by atoms with Gasteiger partial charge in [-0.25, -0.2) is 4.79 Å². The van der Waals surface area contributed by atoms with Crippen LogP contribution in [0.5, 0.6) is 34.9 Å². The zero-order chi connectivity index (χ0) is 36.1. The quantitative estimate of drug-likeness (QED) is 0.0643. The molecule has 51 heavy (non-hydrogen) atoms. The highest BCUT2D eigenvalue weighted by Gasteiger charge is 2.32. The first-order valence-electron chi connectivity index (χ1n) is 15.7. The van der Waals surface area contributed by atoms with Gasteiger partial charge in [0.25, 0.3) is 5.88 Å². The minimum Gasteiger partial charge on any atom is -0.462 e. The highest BCUT2D eigenvalue weighted by atomic mass is 32.2. The number of amides is 1. The molecule has 4 aromatic rings. The van der Waals surface area contributed by atoms with Crippen LogP contribution in [0.4, 0.5) is 11.5 Å². The Balaban J connectivity index is 1.39. The number of para-hydroxylation sites is 1. The number of anilines is 2. The molecule has 1 aliphatic carbocycles. The lowest BCUT2D eigenvalue weighted by molar-refractivity contribution is -0.117. The Morgan fingerprint density at radius 3 is 2.47 bits per heavy atom. The van der Waals surface area contributed by atoms with Gasteiger partial charge in [0.2, 0.25) is 16.2 Å². The number of aryl methyl sites for hydroxylation is 1. The second-order valence-corrected chi connectivity index (χ2v) is 12.4. The van der Waals surface area contributed by atoms with Crippen LogP contribution in [0.1, 0.15) is 41.3 Å². The highest BCUT2D eigenvalue weighted by molar-refractivity contribution is 7.73. The lowest BCUT2D eigenvalue weighted by Crippen LogP contribution is -2.39. The summed E-state index contributed by atoms with van der Waals surface area (Å²) >= 11 is 0. The van der Waals surface area contributed by atoms with Crippen molar-refractivity contribution >= 4 is 44.4 Å². The van der Waals surface area contributed by atoms with E-state index < -0.39 is 28.2 Å². The molecular weight excluding hydrogens is 676 g/mol. The molecule has 0 bridgehead atoms. The fraction of sp³-hybridized carbons (Fsp3) is 0.167.